The van der Waals surface area contributed by atoms with Gasteiger partial charge in [0, 0.05) is 11.1 Å². The second kappa shape index (κ2) is 8.05. The van der Waals surface area contributed by atoms with Crippen molar-refractivity contribution >= 4 is 33.4 Å². The minimum atomic E-state index is -1.06. The molecule has 1 aromatic heterocycles. The van der Waals surface area contributed by atoms with Crippen LogP contribution in [0.3, 0.4) is 0 Å². The molecule has 22 heavy (non-hydrogen) atoms. The molecule has 1 unspecified atom stereocenters. The van der Waals surface area contributed by atoms with E-state index in [0.29, 0.717) is 10.9 Å². The van der Waals surface area contributed by atoms with Crippen LogP contribution in [0.15, 0.2) is 29.6 Å². The maximum Gasteiger partial charge on any atom is 0.307 e. The Morgan fingerprint density at radius 1 is 1.27 bits per heavy atom. The number of rotatable bonds is 8. The largest absolute Gasteiger partial charge is 0.481 e. The molecular formula is C15H18N2O3S2. The summed E-state index contributed by atoms with van der Waals surface area (Å²) < 4.78 is 14.3. The quantitative estimate of drug-likeness (QED) is 0.775. The summed E-state index contributed by atoms with van der Waals surface area (Å²) >= 11 is 1.46. The van der Waals surface area contributed by atoms with Gasteiger partial charge in [-0.15, -0.1) is 11.3 Å². The monoisotopic (exact) mass is 338 g/mol. The van der Waals surface area contributed by atoms with Crippen LogP contribution in [0.25, 0.3) is 0 Å². The Morgan fingerprint density at radius 3 is 2.59 bits per heavy atom. The number of hydrogen-bond donors (Lipinski definition) is 2. The van der Waals surface area contributed by atoms with E-state index >= 15 is 0 Å². The fourth-order valence-corrected chi connectivity index (χ4v) is 3.35. The topological polar surface area (TPSA) is 79.3 Å². The zero-order valence-corrected chi connectivity index (χ0v) is 13.9. The number of aromatic nitrogens is 1. The van der Waals surface area contributed by atoms with E-state index in [1.54, 1.807) is 0 Å². The SMILES string of the molecule is CCS(=O)Nc1nc(CCc2ccc(CC(=O)O)cc2)cs1. The lowest BCUT2D eigenvalue weighted by atomic mass is 10.1. The van der Waals surface area contributed by atoms with Gasteiger partial charge in [0.1, 0.15) is 11.0 Å². The predicted octanol–water partition coefficient (Wildman–Crippen LogP) is 2.65. The van der Waals surface area contributed by atoms with Gasteiger partial charge in [0.15, 0.2) is 5.13 Å². The standard InChI is InChI=1S/C15H18N2O3S2/c1-2-22(20)17-15-16-13(10-21-15)8-7-11-3-5-12(6-4-11)9-14(18)19/h3-6,10H,2,7-9H2,1H3,(H,16,17)(H,18,19). The van der Waals surface area contributed by atoms with Crippen molar-refractivity contribution in [2.45, 2.75) is 26.2 Å². The molecular weight excluding hydrogens is 320 g/mol. The Morgan fingerprint density at radius 2 is 1.95 bits per heavy atom. The molecule has 1 atom stereocenters. The number of carboxylic acids is 1. The highest BCUT2D eigenvalue weighted by Gasteiger charge is 2.05. The van der Waals surface area contributed by atoms with Gasteiger partial charge in [0.05, 0.1) is 12.1 Å². The van der Waals surface area contributed by atoms with Gasteiger partial charge in [-0.25, -0.2) is 9.19 Å². The number of nitrogens with one attached hydrogen (secondary N) is 1. The van der Waals surface area contributed by atoms with Crippen LogP contribution in [-0.4, -0.2) is 26.0 Å². The molecule has 0 aliphatic heterocycles. The number of aryl methyl sites for hydroxylation is 2. The maximum absolute atomic E-state index is 11.4. The van der Waals surface area contributed by atoms with E-state index in [1.165, 1.54) is 11.3 Å². The number of anilines is 1. The third-order valence-electron chi connectivity index (χ3n) is 3.06. The molecule has 0 spiro atoms. The third-order valence-corrected chi connectivity index (χ3v) is 4.94. The fraction of sp³-hybridized carbons (Fsp3) is 0.333. The van der Waals surface area contributed by atoms with Crippen LogP contribution in [0.2, 0.25) is 0 Å². The minimum absolute atomic E-state index is 0.0516. The van der Waals surface area contributed by atoms with Crippen LogP contribution in [0, 0.1) is 0 Å². The molecule has 0 amide bonds. The molecule has 118 valence electrons. The van der Waals surface area contributed by atoms with Crippen LogP contribution in [-0.2, 0) is 35.0 Å². The molecule has 7 heteroatoms. The van der Waals surface area contributed by atoms with Crippen LogP contribution >= 0.6 is 11.3 Å². The van der Waals surface area contributed by atoms with E-state index in [2.05, 4.69) is 9.71 Å². The molecule has 0 fully saturated rings. The van der Waals surface area contributed by atoms with Crippen molar-refractivity contribution in [1.29, 1.82) is 0 Å². The zero-order valence-electron chi connectivity index (χ0n) is 12.2. The Labute approximate surface area is 136 Å². The lowest BCUT2D eigenvalue weighted by Crippen LogP contribution is -2.05. The van der Waals surface area contributed by atoms with Crippen molar-refractivity contribution < 1.29 is 14.1 Å². The lowest BCUT2D eigenvalue weighted by Gasteiger charge is -2.02. The molecule has 2 rings (SSSR count). The molecule has 2 N–H and O–H groups in total. The number of benzene rings is 1. The summed E-state index contributed by atoms with van der Waals surface area (Å²) in [6.07, 6.45) is 1.69. The van der Waals surface area contributed by atoms with E-state index in [9.17, 15) is 9.00 Å². The van der Waals surface area contributed by atoms with E-state index in [-0.39, 0.29) is 6.42 Å². The fourth-order valence-electron chi connectivity index (χ4n) is 1.91. The van der Waals surface area contributed by atoms with Crippen molar-refractivity contribution in [3.05, 3.63) is 46.5 Å². The number of carbonyl (C=O) groups is 1. The first-order valence-electron chi connectivity index (χ1n) is 6.96. The summed E-state index contributed by atoms with van der Waals surface area (Å²) in [4.78, 5) is 15.0. The van der Waals surface area contributed by atoms with Crippen LogP contribution < -0.4 is 4.72 Å². The zero-order chi connectivity index (χ0) is 15.9. The first-order valence-corrected chi connectivity index (χ1v) is 9.15. The Balaban J connectivity index is 1.87. The molecule has 2 aromatic rings. The molecule has 0 aliphatic carbocycles. The van der Waals surface area contributed by atoms with Gasteiger partial charge < -0.3 is 5.11 Å². The highest BCUT2D eigenvalue weighted by molar-refractivity contribution is 7.86. The van der Waals surface area contributed by atoms with Crippen molar-refractivity contribution in [2.24, 2.45) is 0 Å². The Bertz CT molecular complexity index is 653. The van der Waals surface area contributed by atoms with Gasteiger partial charge >= 0.3 is 5.97 Å². The summed E-state index contributed by atoms with van der Waals surface area (Å²) in [7, 11) is -1.06. The number of nitrogens with zero attached hydrogens (tertiary/aromatic N) is 1. The first-order chi connectivity index (χ1) is 10.6. The van der Waals surface area contributed by atoms with Crippen molar-refractivity contribution in [3.63, 3.8) is 0 Å². The average Bonchev–Trinajstić information content (AvgIpc) is 2.93. The van der Waals surface area contributed by atoms with Gasteiger partial charge in [-0.05, 0) is 24.0 Å². The molecule has 0 aliphatic rings. The second-order valence-electron chi connectivity index (χ2n) is 4.77. The minimum Gasteiger partial charge on any atom is -0.481 e. The van der Waals surface area contributed by atoms with Crippen LogP contribution in [0.5, 0.6) is 0 Å². The van der Waals surface area contributed by atoms with E-state index in [0.717, 1.165) is 29.7 Å². The highest BCUT2D eigenvalue weighted by Crippen LogP contribution is 2.18. The summed E-state index contributed by atoms with van der Waals surface area (Å²) in [6.45, 7) is 1.85. The van der Waals surface area contributed by atoms with E-state index in [1.807, 2.05) is 36.6 Å². The Hall–Kier alpha value is -1.73. The summed E-state index contributed by atoms with van der Waals surface area (Å²) in [5, 5.41) is 11.4. The number of thiazole rings is 1. The van der Waals surface area contributed by atoms with Gasteiger partial charge in [-0.3, -0.25) is 9.52 Å². The van der Waals surface area contributed by atoms with Gasteiger partial charge in [-0.1, -0.05) is 31.2 Å². The smallest absolute Gasteiger partial charge is 0.307 e. The second-order valence-corrected chi connectivity index (χ2v) is 7.10. The van der Waals surface area contributed by atoms with Crippen molar-refractivity contribution in [3.8, 4) is 0 Å². The maximum atomic E-state index is 11.4. The summed E-state index contributed by atoms with van der Waals surface area (Å²) in [6, 6.07) is 7.61. The molecule has 0 saturated heterocycles. The average molecular weight is 338 g/mol. The molecule has 0 bridgehead atoms. The van der Waals surface area contributed by atoms with Gasteiger partial charge in [0.2, 0.25) is 0 Å². The lowest BCUT2D eigenvalue weighted by molar-refractivity contribution is -0.136. The van der Waals surface area contributed by atoms with Crippen molar-refractivity contribution in [1.82, 2.24) is 4.98 Å². The molecule has 1 aromatic carbocycles. The van der Waals surface area contributed by atoms with E-state index in [4.69, 9.17) is 5.11 Å². The number of aliphatic carboxylic acids is 1. The highest BCUT2D eigenvalue weighted by atomic mass is 32.2. The van der Waals surface area contributed by atoms with Crippen LogP contribution in [0.4, 0.5) is 5.13 Å². The molecule has 5 nitrogen and oxygen atoms in total. The van der Waals surface area contributed by atoms with Gasteiger partial charge in [0.25, 0.3) is 0 Å². The van der Waals surface area contributed by atoms with Crippen LogP contribution in [0.1, 0.15) is 23.7 Å². The summed E-state index contributed by atoms with van der Waals surface area (Å²) in [5.41, 5.74) is 2.92. The molecule has 0 saturated carbocycles. The molecule has 1 heterocycles. The van der Waals surface area contributed by atoms with Crippen molar-refractivity contribution in [2.75, 3.05) is 10.5 Å². The molecule has 0 radical (unpaired) electrons. The first kappa shape index (κ1) is 16.6. The number of hydrogen-bond acceptors (Lipinski definition) is 4. The predicted molar refractivity (Wildman–Crippen MR) is 89.6 cm³/mol. The Kier molecular flexibility index (Phi) is 6.09. The summed E-state index contributed by atoms with van der Waals surface area (Å²) in [5.74, 6) is -0.267. The van der Waals surface area contributed by atoms with E-state index < -0.39 is 17.0 Å². The number of carboxylic acid groups (broad SMARTS) is 1. The third kappa shape index (κ3) is 5.23. The normalized spacial score (nSPS) is 12.0. The van der Waals surface area contributed by atoms with Gasteiger partial charge in [-0.2, -0.15) is 0 Å².